The minimum Gasteiger partial charge on any atom is -0.342 e. The Morgan fingerprint density at radius 3 is 2.77 bits per heavy atom. The third-order valence-corrected chi connectivity index (χ3v) is 6.97. The molecule has 1 aromatic carbocycles. The standard InChI is InChI=1S/C15H16N2O3S2/c1-2-8-17-12-9-22(19,20)10-13(12)21-15(17)16-14(18)11-6-4-3-5-7-11/h2-7,12-13H,1,8-10H2/t12-,13-/m1/s1. The lowest BCUT2D eigenvalue weighted by atomic mass is 10.2. The first-order valence-electron chi connectivity index (χ1n) is 6.93. The fourth-order valence-electron chi connectivity index (χ4n) is 2.72. The van der Waals surface area contributed by atoms with Crippen LogP contribution in [0.4, 0.5) is 0 Å². The zero-order valence-electron chi connectivity index (χ0n) is 11.9. The molecule has 0 bridgehead atoms. The summed E-state index contributed by atoms with van der Waals surface area (Å²) in [7, 11) is -3.00. The van der Waals surface area contributed by atoms with Crippen LogP contribution in [-0.4, -0.2) is 53.7 Å². The predicted octanol–water partition coefficient (Wildman–Crippen LogP) is 1.58. The smallest absolute Gasteiger partial charge is 0.279 e. The monoisotopic (exact) mass is 336 g/mol. The highest BCUT2D eigenvalue weighted by atomic mass is 32.2. The van der Waals surface area contributed by atoms with Crippen LogP contribution >= 0.6 is 11.8 Å². The zero-order chi connectivity index (χ0) is 15.7. The van der Waals surface area contributed by atoms with Gasteiger partial charge in [0, 0.05) is 17.4 Å². The van der Waals surface area contributed by atoms with Gasteiger partial charge in [-0.25, -0.2) is 8.42 Å². The lowest BCUT2D eigenvalue weighted by Crippen LogP contribution is -2.37. The zero-order valence-corrected chi connectivity index (χ0v) is 13.5. The number of sulfone groups is 1. The molecule has 0 saturated carbocycles. The van der Waals surface area contributed by atoms with Crippen LogP contribution in [0.15, 0.2) is 48.0 Å². The molecule has 0 unspecified atom stereocenters. The van der Waals surface area contributed by atoms with Gasteiger partial charge in [0.15, 0.2) is 15.0 Å². The molecule has 0 aliphatic carbocycles. The molecule has 2 heterocycles. The van der Waals surface area contributed by atoms with Crippen LogP contribution < -0.4 is 0 Å². The van der Waals surface area contributed by atoms with Gasteiger partial charge in [-0.3, -0.25) is 4.79 Å². The molecule has 2 aliphatic heterocycles. The first-order chi connectivity index (χ1) is 10.5. The van der Waals surface area contributed by atoms with Crippen molar-refractivity contribution in [3.8, 4) is 0 Å². The number of benzene rings is 1. The van der Waals surface area contributed by atoms with E-state index in [4.69, 9.17) is 0 Å². The SMILES string of the molecule is C=CCN1C(=NC(=O)c2ccccc2)S[C@@H]2CS(=O)(=O)C[C@H]21. The summed E-state index contributed by atoms with van der Waals surface area (Å²) in [5.41, 5.74) is 0.527. The average Bonchev–Trinajstić information content (AvgIpc) is 2.93. The lowest BCUT2D eigenvalue weighted by molar-refractivity contribution is 0.100. The molecule has 5 nitrogen and oxygen atoms in total. The summed E-state index contributed by atoms with van der Waals surface area (Å²) in [6.45, 7) is 4.20. The van der Waals surface area contributed by atoms with Crippen molar-refractivity contribution < 1.29 is 13.2 Å². The summed E-state index contributed by atoms with van der Waals surface area (Å²) in [6.07, 6.45) is 1.70. The number of amides is 1. The summed E-state index contributed by atoms with van der Waals surface area (Å²) in [6, 6.07) is 8.74. The van der Waals surface area contributed by atoms with Gasteiger partial charge in [0.2, 0.25) is 0 Å². The van der Waals surface area contributed by atoms with E-state index in [1.165, 1.54) is 11.8 Å². The summed E-state index contributed by atoms with van der Waals surface area (Å²) in [5.74, 6) is -0.0361. The molecule has 2 saturated heterocycles. The van der Waals surface area contributed by atoms with Crippen molar-refractivity contribution in [3.05, 3.63) is 48.6 Å². The second-order valence-corrected chi connectivity index (χ2v) is 8.67. The molecule has 116 valence electrons. The summed E-state index contributed by atoms with van der Waals surface area (Å²) in [4.78, 5) is 18.3. The molecule has 22 heavy (non-hydrogen) atoms. The van der Waals surface area contributed by atoms with Gasteiger partial charge in [0.25, 0.3) is 5.91 Å². The number of hydrogen-bond donors (Lipinski definition) is 0. The molecular formula is C15H16N2O3S2. The number of aliphatic imine (C=N–C) groups is 1. The molecule has 2 atom stereocenters. The summed E-state index contributed by atoms with van der Waals surface area (Å²) >= 11 is 1.38. The summed E-state index contributed by atoms with van der Waals surface area (Å²) < 4.78 is 23.5. The molecule has 1 amide bonds. The molecule has 7 heteroatoms. The van der Waals surface area contributed by atoms with Crippen molar-refractivity contribution in [2.24, 2.45) is 4.99 Å². The maximum atomic E-state index is 12.2. The van der Waals surface area contributed by atoms with Crippen LogP contribution in [0.3, 0.4) is 0 Å². The number of thioether (sulfide) groups is 1. The van der Waals surface area contributed by atoms with Crippen molar-refractivity contribution in [2.75, 3.05) is 18.1 Å². The third-order valence-electron chi connectivity index (χ3n) is 3.72. The number of carbonyl (C=O) groups excluding carboxylic acids is 1. The maximum Gasteiger partial charge on any atom is 0.279 e. The average molecular weight is 336 g/mol. The van der Waals surface area contributed by atoms with Gasteiger partial charge in [-0.1, -0.05) is 36.0 Å². The Balaban J connectivity index is 1.86. The molecule has 3 rings (SSSR count). The van der Waals surface area contributed by atoms with Crippen LogP contribution in [0.2, 0.25) is 0 Å². The Hall–Kier alpha value is -1.60. The number of rotatable bonds is 3. The Kier molecular flexibility index (Phi) is 4.10. The van der Waals surface area contributed by atoms with Gasteiger partial charge in [-0.2, -0.15) is 4.99 Å². The van der Waals surface area contributed by atoms with Gasteiger partial charge in [0.1, 0.15) is 0 Å². The van der Waals surface area contributed by atoms with E-state index in [0.717, 1.165) is 0 Å². The number of amidine groups is 1. The minimum absolute atomic E-state index is 0.0488. The van der Waals surface area contributed by atoms with E-state index in [-0.39, 0.29) is 28.7 Å². The van der Waals surface area contributed by atoms with Crippen molar-refractivity contribution in [3.63, 3.8) is 0 Å². The molecule has 0 spiro atoms. The van der Waals surface area contributed by atoms with E-state index in [2.05, 4.69) is 11.6 Å². The normalized spacial score (nSPS) is 27.8. The van der Waals surface area contributed by atoms with E-state index in [1.807, 2.05) is 11.0 Å². The van der Waals surface area contributed by atoms with E-state index in [0.29, 0.717) is 17.3 Å². The molecular weight excluding hydrogens is 320 g/mol. The fraction of sp³-hybridized carbons (Fsp3) is 0.333. The van der Waals surface area contributed by atoms with Crippen LogP contribution in [0.5, 0.6) is 0 Å². The van der Waals surface area contributed by atoms with Crippen LogP contribution in [0.25, 0.3) is 0 Å². The van der Waals surface area contributed by atoms with E-state index in [1.54, 1.807) is 30.3 Å². The highest BCUT2D eigenvalue weighted by molar-refractivity contribution is 8.15. The van der Waals surface area contributed by atoms with Crippen molar-refractivity contribution in [1.29, 1.82) is 0 Å². The highest BCUT2D eigenvalue weighted by Crippen LogP contribution is 2.38. The van der Waals surface area contributed by atoms with Gasteiger partial charge >= 0.3 is 0 Å². The number of carbonyl (C=O) groups is 1. The van der Waals surface area contributed by atoms with Gasteiger partial charge in [-0.05, 0) is 12.1 Å². The van der Waals surface area contributed by atoms with Crippen molar-refractivity contribution >= 4 is 32.7 Å². The van der Waals surface area contributed by atoms with E-state index in [9.17, 15) is 13.2 Å². The van der Waals surface area contributed by atoms with Crippen LogP contribution in [-0.2, 0) is 9.84 Å². The van der Waals surface area contributed by atoms with E-state index >= 15 is 0 Å². The molecule has 2 aliphatic rings. The van der Waals surface area contributed by atoms with Crippen molar-refractivity contribution in [2.45, 2.75) is 11.3 Å². The van der Waals surface area contributed by atoms with Gasteiger partial charge < -0.3 is 4.90 Å². The molecule has 2 fully saturated rings. The second kappa shape index (κ2) is 5.89. The van der Waals surface area contributed by atoms with E-state index < -0.39 is 9.84 Å². The van der Waals surface area contributed by atoms with Gasteiger partial charge in [0.05, 0.1) is 17.5 Å². The number of hydrogen-bond acceptors (Lipinski definition) is 4. The second-order valence-electron chi connectivity index (χ2n) is 5.31. The third kappa shape index (κ3) is 2.96. The molecule has 0 aromatic heterocycles. The Bertz CT molecular complexity index is 728. The quantitative estimate of drug-likeness (QED) is 0.784. The topological polar surface area (TPSA) is 66.8 Å². The fourth-order valence-corrected chi connectivity index (χ4v) is 6.68. The summed E-state index contributed by atoms with van der Waals surface area (Å²) in [5, 5.41) is 0.547. The minimum atomic E-state index is -3.00. The molecule has 0 N–H and O–H groups in total. The van der Waals surface area contributed by atoms with Crippen LogP contribution in [0.1, 0.15) is 10.4 Å². The number of nitrogens with zero attached hydrogens (tertiary/aromatic N) is 2. The highest BCUT2D eigenvalue weighted by Gasteiger charge is 2.48. The molecule has 1 aromatic rings. The Morgan fingerprint density at radius 1 is 1.36 bits per heavy atom. The van der Waals surface area contributed by atoms with Crippen molar-refractivity contribution in [1.82, 2.24) is 4.90 Å². The van der Waals surface area contributed by atoms with Gasteiger partial charge in [-0.15, -0.1) is 6.58 Å². The maximum absolute atomic E-state index is 12.2. The lowest BCUT2D eigenvalue weighted by Gasteiger charge is -2.22. The predicted molar refractivity (Wildman–Crippen MR) is 88.9 cm³/mol. The first kappa shape index (κ1) is 15.3. The Labute approximate surface area is 134 Å². The molecule has 0 radical (unpaired) electrons. The first-order valence-corrected chi connectivity index (χ1v) is 9.63. The van der Waals surface area contributed by atoms with Crippen LogP contribution in [0, 0.1) is 0 Å². The number of fused-ring (bicyclic) bond motifs is 1. The largest absolute Gasteiger partial charge is 0.342 e. The Morgan fingerprint density at radius 2 is 2.09 bits per heavy atom.